The van der Waals surface area contributed by atoms with E-state index in [1.54, 1.807) is 0 Å². The lowest BCUT2D eigenvalue weighted by Gasteiger charge is -2.11. The van der Waals surface area contributed by atoms with Crippen molar-refractivity contribution in [1.29, 1.82) is 0 Å². The number of rotatable bonds is 3. The number of fused-ring (bicyclic) bond motifs is 2. The molecule has 4 aromatic carbocycles. The minimum Gasteiger partial charge on any atom is -0.382 e. The van der Waals surface area contributed by atoms with E-state index < -0.39 is 0 Å². The summed E-state index contributed by atoms with van der Waals surface area (Å²) in [6.45, 7) is 1.99. The number of aromatic amines is 1. The number of nitrogen functional groups attached to an aromatic ring is 1. The van der Waals surface area contributed by atoms with E-state index in [-0.39, 0.29) is 5.91 Å². The number of aryl methyl sites for hydroxylation is 1. The largest absolute Gasteiger partial charge is 0.382 e. The predicted octanol–water partition coefficient (Wildman–Crippen LogP) is 6.29. The first-order valence-electron chi connectivity index (χ1n) is 9.84. The van der Waals surface area contributed by atoms with Gasteiger partial charge in [-0.25, -0.2) is 0 Å². The molecule has 0 bridgehead atoms. The second-order valence-corrected chi connectivity index (χ2v) is 8.47. The highest BCUT2D eigenvalue weighted by atomic mass is 79.9. The molecule has 5 rings (SSSR count). The van der Waals surface area contributed by atoms with E-state index in [1.807, 2.05) is 73.7 Å². The van der Waals surface area contributed by atoms with Gasteiger partial charge in [-0.15, -0.1) is 0 Å². The number of hydrogen-bond acceptors (Lipinski definition) is 3. The van der Waals surface area contributed by atoms with E-state index in [2.05, 4.69) is 37.5 Å². The molecule has 5 nitrogen and oxygen atoms in total. The third-order valence-electron chi connectivity index (χ3n) is 5.35. The first-order valence-corrected chi connectivity index (χ1v) is 10.6. The van der Waals surface area contributed by atoms with Crippen molar-refractivity contribution < 1.29 is 4.79 Å². The zero-order valence-corrected chi connectivity index (χ0v) is 18.3. The van der Waals surface area contributed by atoms with Crippen molar-refractivity contribution >= 4 is 55.0 Å². The van der Waals surface area contributed by atoms with Crippen molar-refractivity contribution in [3.05, 3.63) is 88.4 Å². The summed E-state index contributed by atoms with van der Waals surface area (Å²) in [7, 11) is 0. The van der Waals surface area contributed by atoms with Gasteiger partial charge in [0.05, 0.1) is 10.9 Å². The van der Waals surface area contributed by atoms with Crippen LogP contribution in [-0.4, -0.2) is 16.1 Å². The minimum atomic E-state index is -0.142. The molecule has 1 aromatic heterocycles. The average molecular weight is 471 g/mol. The molecule has 0 aliphatic carbocycles. The van der Waals surface area contributed by atoms with Crippen LogP contribution in [0.5, 0.6) is 0 Å². The SMILES string of the molecule is Cc1cc(Br)cc(NC(=O)c2cccc3cc(-c4cccc5[nH]nc(N)c45)ccc23)c1. The van der Waals surface area contributed by atoms with Gasteiger partial charge in [0.25, 0.3) is 5.91 Å². The highest BCUT2D eigenvalue weighted by Crippen LogP contribution is 2.33. The number of nitrogens with zero attached hydrogens (tertiary/aromatic N) is 1. The highest BCUT2D eigenvalue weighted by molar-refractivity contribution is 9.10. The molecule has 0 aliphatic rings. The Labute approximate surface area is 187 Å². The number of nitrogens with one attached hydrogen (secondary N) is 2. The molecule has 6 heteroatoms. The van der Waals surface area contributed by atoms with Crippen molar-refractivity contribution in [2.24, 2.45) is 0 Å². The molecule has 0 aliphatic heterocycles. The fourth-order valence-corrected chi connectivity index (χ4v) is 4.60. The van der Waals surface area contributed by atoms with Crippen LogP contribution >= 0.6 is 15.9 Å². The Bertz CT molecular complexity index is 1450. The molecule has 0 saturated carbocycles. The summed E-state index contributed by atoms with van der Waals surface area (Å²) >= 11 is 3.48. The Balaban J connectivity index is 1.56. The molecule has 1 amide bonds. The number of aromatic nitrogens is 2. The van der Waals surface area contributed by atoms with Gasteiger partial charge < -0.3 is 11.1 Å². The lowest BCUT2D eigenvalue weighted by atomic mass is 9.96. The van der Waals surface area contributed by atoms with Crippen LogP contribution < -0.4 is 11.1 Å². The molecule has 4 N–H and O–H groups in total. The Morgan fingerprint density at radius 2 is 1.87 bits per heavy atom. The van der Waals surface area contributed by atoms with E-state index >= 15 is 0 Å². The highest BCUT2D eigenvalue weighted by Gasteiger charge is 2.14. The van der Waals surface area contributed by atoms with Gasteiger partial charge in [0.2, 0.25) is 0 Å². The summed E-state index contributed by atoms with van der Waals surface area (Å²) in [6, 6.07) is 23.6. The number of benzene rings is 4. The van der Waals surface area contributed by atoms with E-state index in [0.29, 0.717) is 11.4 Å². The first-order chi connectivity index (χ1) is 15.0. The van der Waals surface area contributed by atoms with Crippen LogP contribution in [0.25, 0.3) is 32.8 Å². The van der Waals surface area contributed by atoms with Crippen LogP contribution in [0.2, 0.25) is 0 Å². The summed E-state index contributed by atoms with van der Waals surface area (Å²) in [4.78, 5) is 13.0. The monoisotopic (exact) mass is 470 g/mol. The van der Waals surface area contributed by atoms with Crippen LogP contribution in [0.1, 0.15) is 15.9 Å². The van der Waals surface area contributed by atoms with E-state index in [1.165, 1.54) is 0 Å². The number of hydrogen-bond donors (Lipinski definition) is 3. The van der Waals surface area contributed by atoms with Crippen molar-refractivity contribution in [1.82, 2.24) is 10.2 Å². The van der Waals surface area contributed by atoms with Gasteiger partial charge in [-0.1, -0.05) is 52.3 Å². The average Bonchev–Trinajstić information content (AvgIpc) is 3.13. The smallest absolute Gasteiger partial charge is 0.256 e. The normalized spacial score (nSPS) is 11.2. The molecule has 0 unspecified atom stereocenters. The Morgan fingerprint density at radius 1 is 1.03 bits per heavy atom. The Kier molecular flexibility index (Phi) is 4.71. The molecular formula is C25H19BrN4O. The van der Waals surface area contributed by atoms with Gasteiger partial charge in [0.15, 0.2) is 5.82 Å². The standard InChI is InChI=1S/C25H19BrN4O/c1-14-10-17(26)13-18(11-14)28-25(31)21-6-2-4-15-12-16(8-9-19(15)21)20-5-3-7-22-23(20)24(27)30-29-22/h2-13H,1H3,(H,28,31)(H3,27,29,30). The number of halogens is 1. The van der Waals surface area contributed by atoms with Crippen LogP contribution in [0, 0.1) is 6.92 Å². The van der Waals surface area contributed by atoms with Crippen molar-refractivity contribution in [3.8, 4) is 11.1 Å². The predicted molar refractivity (Wildman–Crippen MR) is 130 cm³/mol. The summed E-state index contributed by atoms with van der Waals surface area (Å²) < 4.78 is 0.929. The number of carbonyl (C=O) groups excluding carboxylic acids is 1. The zero-order valence-electron chi connectivity index (χ0n) is 16.7. The number of H-pyrrole nitrogens is 1. The molecule has 1 heterocycles. The third kappa shape index (κ3) is 3.55. The van der Waals surface area contributed by atoms with Crippen LogP contribution in [0.3, 0.4) is 0 Å². The summed E-state index contributed by atoms with van der Waals surface area (Å²) in [6.07, 6.45) is 0. The lowest BCUT2D eigenvalue weighted by Crippen LogP contribution is -2.12. The molecule has 0 atom stereocenters. The molecule has 0 fully saturated rings. The number of anilines is 2. The minimum absolute atomic E-state index is 0.142. The number of amides is 1. The fourth-order valence-electron chi connectivity index (χ4n) is 3.99. The van der Waals surface area contributed by atoms with Gasteiger partial charge in [-0.2, -0.15) is 5.10 Å². The summed E-state index contributed by atoms with van der Waals surface area (Å²) in [5.41, 5.74) is 11.5. The van der Waals surface area contributed by atoms with Gasteiger partial charge in [-0.3, -0.25) is 9.89 Å². The van der Waals surface area contributed by atoms with Gasteiger partial charge in [-0.05, 0) is 70.8 Å². The maximum atomic E-state index is 13.0. The maximum Gasteiger partial charge on any atom is 0.256 e. The number of carbonyl (C=O) groups is 1. The van der Waals surface area contributed by atoms with E-state index in [4.69, 9.17) is 5.73 Å². The second-order valence-electron chi connectivity index (χ2n) is 7.55. The number of nitrogens with two attached hydrogens (primary N) is 1. The van der Waals surface area contributed by atoms with Crippen molar-refractivity contribution in [2.75, 3.05) is 11.1 Å². The fraction of sp³-hybridized carbons (Fsp3) is 0.0400. The van der Waals surface area contributed by atoms with Crippen molar-refractivity contribution in [3.63, 3.8) is 0 Å². The molecule has 0 spiro atoms. The Hall–Kier alpha value is -3.64. The van der Waals surface area contributed by atoms with Gasteiger partial charge in [0, 0.05) is 15.7 Å². The van der Waals surface area contributed by atoms with Crippen LogP contribution in [-0.2, 0) is 0 Å². The molecule has 31 heavy (non-hydrogen) atoms. The first kappa shape index (κ1) is 19.3. The molecule has 0 radical (unpaired) electrons. The van der Waals surface area contributed by atoms with E-state index in [9.17, 15) is 4.79 Å². The van der Waals surface area contributed by atoms with E-state index in [0.717, 1.165) is 48.5 Å². The van der Waals surface area contributed by atoms with Crippen molar-refractivity contribution in [2.45, 2.75) is 6.92 Å². The summed E-state index contributed by atoms with van der Waals surface area (Å²) in [5.74, 6) is 0.333. The summed E-state index contributed by atoms with van der Waals surface area (Å²) in [5, 5.41) is 12.9. The topological polar surface area (TPSA) is 83.8 Å². The van der Waals surface area contributed by atoms with Crippen LogP contribution in [0.4, 0.5) is 11.5 Å². The molecule has 152 valence electrons. The molecule has 0 saturated heterocycles. The Morgan fingerprint density at radius 3 is 2.71 bits per heavy atom. The van der Waals surface area contributed by atoms with Crippen LogP contribution in [0.15, 0.2) is 77.3 Å². The molecular weight excluding hydrogens is 452 g/mol. The zero-order chi connectivity index (χ0) is 21.5. The lowest BCUT2D eigenvalue weighted by molar-refractivity contribution is 0.102. The van der Waals surface area contributed by atoms with Gasteiger partial charge >= 0.3 is 0 Å². The third-order valence-corrected chi connectivity index (χ3v) is 5.81. The molecule has 5 aromatic rings. The quantitative estimate of drug-likeness (QED) is 0.289. The maximum absolute atomic E-state index is 13.0. The van der Waals surface area contributed by atoms with Gasteiger partial charge in [0.1, 0.15) is 0 Å². The second kappa shape index (κ2) is 7.56.